The first-order valence-electron chi connectivity index (χ1n) is 5.50. The predicted molar refractivity (Wildman–Crippen MR) is 70.1 cm³/mol. The highest BCUT2D eigenvalue weighted by atomic mass is 16.1. The molecule has 2 aromatic rings. The van der Waals surface area contributed by atoms with Gasteiger partial charge in [0.15, 0.2) is 5.78 Å². The van der Waals surface area contributed by atoms with Crippen molar-refractivity contribution in [2.24, 2.45) is 4.99 Å². The Balaban J connectivity index is 2.26. The maximum atomic E-state index is 12.1. The fourth-order valence-corrected chi connectivity index (χ4v) is 1.60. The molecule has 0 unspecified atom stereocenters. The first kappa shape index (κ1) is 11.3. The summed E-state index contributed by atoms with van der Waals surface area (Å²) < 4.78 is 0. The average molecular weight is 223 g/mol. The highest BCUT2D eigenvalue weighted by Gasteiger charge is 2.07. The molecule has 0 bridgehead atoms. The van der Waals surface area contributed by atoms with Crippen LogP contribution < -0.4 is 0 Å². The zero-order valence-corrected chi connectivity index (χ0v) is 9.63. The molecule has 84 valence electrons. The highest BCUT2D eigenvalue weighted by molar-refractivity contribution is 6.09. The molecule has 0 atom stereocenters. The van der Waals surface area contributed by atoms with E-state index in [4.69, 9.17) is 0 Å². The van der Waals surface area contributed by atoms with Gasteiger partial charge < -0.3 is 0 Å². The Labute approximate surface area is 101 Å². The standard InChI is InChI=1S/C15H13NO/c1-2-16-14-10-8-13(9-11-14)15(17)12-6-4-3-5-7-12/h2-11H,1H3. The van der Waals surface area contributed by atoms with Crippen molar-refractivity contribution < 1.29 is 4.79 Å². The Bertz CT molecular complexity index is 527. The maximum absolute atomic E-state index is 12.1. The molecular weight excluding hydrogens is 210 g/mol. The van der Waals surface area contributed by atoms with Gasteiger partial charge in [0.2, 0.25) is 0 Å². The summed E-state index contributed by atoms with van der Waals surface area (Å²) in [4.78, 5) is 16.2. The first-order chi connectivity index (χ1) is 8.31. The summed E-state index contributed by atoms with van der Waals surface area (Å²) in [6, 6.07) is 16.6. The number of carbonyl (C=O) groups is 1. The van der Waals surface area contributed by atoms with Crippen molar-refractivity contribution in [3.63, 3.8) is 0 Å². The van der Waals surface area contributed by atoms with E-state index in [0.29, 0.717) is 11.1 Å². The molecule has 0 aliphatic heterocycles. The third-order valence-electron chi connectivity index (χ3n) is 2.44. The Morgan fingerprint density at radius 1 is 0.941 bits per heavy atom. The second-order valence-corrected chi connectivity index (χ2v) is 3.63. The smallest absolute Gasteiger partial charge is 0.193 e. The Hall–Kier alpha value is -2.22. The van der Waals surface area contributed by atoms with Gasteiger partial charge in [0.05, 0.1) is 5.69 Å². The van der Waals surface area contributed by atoms with Gasteiger partial charge in [0, 0.05) is 17.3 Å². The lowest BCUT2D eigenvalue weighted by Crippen LogP contribution is -1.99. The first-order valence-corrected chi connectivity index (χ1v) is 5.50. The molecule has 2 nitrogen and oxygen atoms in total. The van der Waals surface area contributed by atoms with Gasteiger partial charge in [-0.2, -0.15) is 0 Å². The van der Waals surface area contributed by atoms with Crippen LogP contribution in [0.3, 0.4) is 0 Å². The summed E-state index contributed by atoms with van der Waals surface area (Å²) in [6.07, 6.45) is 1.73. The topological polar surface area (TPSA) is 29.4 Å². The molecular formula is C15H13NO. The van der Waals surface area contributed by atoms with Crippen LogP contribution in [0.5, 0.6) is 0 Å². The molecule has 0 N–H and O–H groups in total. The maximum Gasteiger partial charge on any atom is 0.193 e. The molecule has 0 saturated carbocycles. The van der Waals surface area contributed by atoms with Crippen molar-refractivity contribution in [2.75, 3.05) is 0 Å². The van der Waals surface area contributed by atoms with Crippen LogP contribution in [0.25, 0.3) is 0 Å². The zero-order valence-electron chi connectivity index (χ0n) is 9.63. The third kappa shape index (κ3) is 2.67. The molecule has 0 aliphatic carbocycles. The predicted octanol–water partition coefficient (Wildman–Crippen LogP) is 3.64. The Kier molecular flexibility index (Phi) is 3.46. The Morgan fingerprint density at radius 3 is 2.12 bits per heavy atom. The fraction of sp³-hybridized carbons (Fsp3) is 0.0667. The minimum absolute atomic E-state index is 0.0395. The number of aliphatic imine (C=N–C) groups is 1. The number of nitrogens with zero attached hydrogens (tertiary/aromatic N) is 1. The summed E-state index contributed by atoms with van der Waals surface area (Å²) in [7, 11) is 0. The number of ketones is 1. The lowest BCUT2D eigenvalue weighted by atomic mass is 10.0. The van der Waals surface area contributed by atoms with Gasteiger partial charge in [-0.05, 0) is 31.2 Å². The second kappa shape index (κ2) is 5.21. The van der Waals surface area contributed by atoms with Crippen LogP contribution in [-0.4, -0.2) is 12.0 Å². The molecule has 2 heteroatoms. The van der Waals surface area contributed by atoms with Crippen LogP contribution in [0.15, 0.2) is 59.6 Å². The van der Waals surface area contributed by atoms with Crippen LogP contribution >= 0.6 is 0 Å². The van der Waals surface area contributed by atoms with Gasteiger partial charge >= 0.3 is 0 Å². The van der Waals surface area contributed by atoms with E-state index < -0.39 is 0 Å². The van der Waals surface area contributed by atoms with Gasteiger partial charge in [-0.1, -0.05) is 30.3 Å². The van der Waals surface area contributed by atoms with Crippen LogP contribution in [-0.2, 0) is 0 Å². The van der Waals surface area contributed by atoms with Crippen molar-refractivity contribution in [3.8, 4) is 0 Å². The third-order valence-corrected chi connectivity index (χ3v) is 2.44. The highest BCUT2D eigenvalue weighted by Crippen LogP contribution is 2.15. The minimum atomic E-state index is 0.0395. The van der Waals surface area contributed by atoms with Gasteiger partial charge in [0.25, 0.3) is 0 Å². The summed E-state index contributed by atoms with van der Waals surface area (Å²) >= 11 is 0. The Morgan fingerprint density at radius 2 is 1.53 bits per heavy atom. The fourth-order valence-electron chi connectivity index (χ4n) is 1.60. The molecule has 0 amide bonds. The van der Waals surface area contributed by atoms with E-state index in [1.165, 1.54) is 0 Å². The van der Waals surface area contributed by atoms with Crippen LogP contribution in [0.2, 0.25) is 0 Å². The summed E-state index contributed by atoms with van der Waals surface area (Å²) in [5.74, 6) is 0.0395. The van der Waals surface area contributed by atoms with Crippen molar-refractivity contribution in [1.82, 2.24) is 0 Å². The monoisotopic (exact) mass is 223 g/mol. The van der Waals surface area contributed by atoms with Crippen molar-refractivity contribution >= 4 is 17.7 Å². The summed E-state index contributed by atoms with van der Waals surface area (Å²) in [5.41, 5.74) is 2.25. The molecule has 0 radical (unpaired) electrons. The zero-order chi connectivity index (χ0) is 12.1. The van der Waals surface area contributed by atoms with E-state index in [1.807, 2.05) is 49.4 Å². The van der Waals surface area contributed by atoms with E-state index in [2.05, 4.69) is 4.99 Å². The van der Waals surface area contributed by atoms with Crippen molar-refractivity contribution in [1.29, 1.82) is 0 Å². The molecule has 0 aliphatic rings. The molecule has 0 fully saturated rings. The van der Waals surface area contributed by atoms with E-state index >= 15 is 0 Å². The number of benzene rings is 2. The van der Waals surface area contributed by atoms with Crippen molar-refractivity contribution in [3.05, 3.63) is 65.7 Å². The second-order valence-electron chi connectivity index (χ2n) is 3.63. The van der Waals surface area contributed by atoms with E-state index in [0.717, 1.165) is 5.69 Å². The minimum Gasteiger partial charge on any atom is -0.289 e. The average Bonchev–Trinajstić information content (AvgIpc) is 2.40. The van der Waals surface area contributed by atoms with E-state index in [-0.39, 0.29) is 5.78 Å². The van der Waals surface area contributed by atoms with Crippen molar-refractivity contribution in [2.45, 2.75) is 6.92 Å². The van der Waals surface area contributed by atoms with Gasteiger partial charge in [0.1, 0.15) is 0 Å². The van der Waals surface area contributed by atoms with Crippen LogP contribution in [0, 0.1) is 0 Å². The lowest BCUT2D eigenvalue weighted by Gasteiger charge is -2.01. The molecule has 2 rings (SSSR count). The number of hydrogen-bond donors (Lipinski definition) is 0. The quantitative estimate of drug-likeness (QED) is 0.577. The normalized spacial score (nSPS) is 10.6. The van der Waals surface area contributed by atoms with Crippen LogP contribution in [0.4, 0.5) is 5.69 Å². The molecule has 0 aromatic heterocycles. The van der Waals surface area contributed by atoms with E-state index in [9.17, 15) is 4.79 Å². The SMILES string of the molecule is CC=Nc1ccc(C(=O)c2ccccc2)cc1. The summed E-state index contributed by atoms with van der Waals surface area (Å²) in [6.45, 7) is 1.86. The largest absolute Gasteiger partial charge is 0.289 e. The molecule has 0 saturated heterocycles. The van der Waals surface area contributed by atoms with Gasteiger partial charge in [-0.3, -0.25) is 9.79 Å². The summed E-state index contributed by atoms with van der Waals surface area (Å²) in [5, 5.41) is 0. The number of carbonyl (C=O) groups excluding carboxylic acids is 1. The molecule has 0 spiro atoms. The van der Waals surface area contributed by atoms with E-state index in [1.54, 1.807) is 18.3 Å². The molecule has 0 heterocycles. The number of rotatable bonds is 3. The van der Waals surface area contributed by atoms with Gasteiger partial charge in [-0.25, -0.2) is 0 Å². The van der Waals surface area contributed by atoms with Crippen LogP contribution in [0.1, 0.15) is 22.8 Å². The van der Waals surface area contributed by atoms with Gasteiger partial charge in [-0.15, -0.1) is 0 Å². The lowest BCUT2D eigenvalue weighted by molar-refractivity contribution is 0.103. The number of hydrogen-bond acceptors (Lipinski definition) is 2. The molecule has 17 heavy (non-hydrogen) atoms. The molecule has 2 aromatic carbocycles.